The largest absolute Gasteiger partial charge is 0.325 e. The lowest BCUT2D eigenvalue weighted by Crippen LogP contribution is -3.13. The minimum atomic E-state index is -0.179. The Bertz CT molecular complexity index is 1050. The second kappa shape index (κ2) is 9.33. The fourth-order valence-electron chi connectivity index (χ4n) is 4.56. The Kier molecular flexibility index (Phi) is 6.54. The third-order valence-electron chi connectivity index (χ3n) is 6.52. The van der Waals surface area contributed by atoms with Crippen molar-refractivity contribution in [1.29, 1.82) is 0 Å². The SMILES string of the molecule is Cc1sc(NC(=O)c2ccccc2)c(C(c2ccccc2F)[NH+]2CCC(C)CC2)c1C. The van der Waals surface area contributed by atoms with Gasteiger partial charge in [0.25, 0.3) is 5.91 Å². The molecule has 1 amide bonds. The molecule has 162 valence electrons. The minimum absolute atomic E-state index is 0.127. The summed E-state index contributed by atoms with van der Waals surface area (Å²) in [6, 6.07) is 16.2. The molecule has 1 aromatic heterocycles. The Balaban J connectivity index is 1.78. The average molecular weight is 438 g/mol. The van der Waals surface area contributed by atoms with Gasteiger partial charge in [-0.25, -0.2) is 4.39 Å². The van der Waals surface area contributed by atoms with Crippen LogP contribution in [-0.2, 0) is 0 Å². The van der Waals surface area contributed by atoms with Crippen LogP contribution in [0.4, 0.5) is 9.39 Å². The molecule has 1 saturated heterocycles. The van der Waals surface area contributed by atoms with E-state index in [-0.39, 0.29) is 17.8 Å². The molecule has 4 rings (SSSR count). The molecule has 1 unspecified atom stereocenters. The summed E-state index contributed by atoms with van der Waals surface area (Å²) >= 11 is 1.59. The predicted octanol–water partition coefficient (Wildman–Crippen LogP) is 5.16. The summed E-state index contributed by atoms with van der Waals surface area (Å²) in [5, 5.41) is 3.99. The fraction of sp³-hybridized carbons (Fsp3) is 0.346. The van der Waals surface area contributed by atoms with Crippen LogP contribution in [-0.4, -0.2) is 19.0 Å². The standard InChI is InChI=1S/C26H29FN2OS/c1-17-13-15-29(16-14-17)24(21-11-7-8-12-22(21)27)23-18(2)19(3)31-26(23)28-25(30)20-9-5-4-6-10-20/h4-12,17,24H,13-16H2,1-3H3,(H,28,30)/p+1. The number of nitrogens with one attached hydrogen (secondary N) is 2. The lowest BCUT2D eigenvalue weighted by atomic mass is 9.90. The molecule has 2 aromatic carbocycles. The van der Waals surface area contributed by atoms with Crippen molar-refractivity contribution in [3.05, 3.63) is 87.5 Å². The highest BCUT2D eigenvalue weighted by atomic mass is 32.1. The van der Waals surface area contributed by atoms with Crippen molar-refractivity contribution < 1.29 is 14.1 Å². The summed E-state index contributed by atoms with van der Waals surface area (Å²) in [5.41, 5.74) is 3.54. The van der Waals surface area contributed by atoms with Crippen LogP contribution in [0.25, 0.3) is 0 Å². The van der Waals surface area contributed by atoms with Gasteiger partial charge < -0.3 is 10.2 Å². The molecular weight excluding hydrogens is 407 g/mol. The maximum atomic E-state index is 15.1. The van der Waals surface area contributed by atoms with Gasteiger partial charge in [-0.3, -0.25) is 4.79 Å². The predicted molar refractivity (Wildman–Crippen MR) is 126 cm³/mol. The molecule has 0 saturated carbocycles. The molecule has 1 fully saturated rings. The average Bonchev–Trinajstić information content (AvgIpc) is 3.05. The number of likely N-dealkylation sites (tertiary alicyclic amines) is 1. The third-order valence-corrected chi connectivity index (χ3v) is 7.66. The van der Waals surface area contributed by atoms with Crippen molar-refractivity contribution >= 4 is 22.2 Å². The number of anilines is 1. The highest BCUT2D eigenvalue weighted by molar-refractivity contribution is 7.16. The van der Waals surface area contributed by atoms with Gasteiger partial charge in [0.15, 0.2) is 0 Å². The molecule has 0 spiro atoms. The van der Waals surface area contributed by atoms with Crippen molar-refractivity contribution in [2.75, 3.05) is 18.4 Å². The molecule has 2 heterocycles. The van der Waals surface area contributed by atoms with Crippen LogP contribution in [0.5, 0.6) is 0 Å². The van der Waals surface area contributed by atoms with E-state index >= 15 is 4.39 Å². The van der Waals surface area contributed by atoms with E-state index in [2.05, 4.69) is 26.1 Å². The van der Waals surface area contributed by atoms with Gasteiger partial charge in [0.2, 0.25) is 0 Å². The highest BCUT2D eigenvalue weighted by Gasteiger charge is 2.36. The van der Waals surface area contributed by atoms with Gasteiger partial charge in [-0.15, -0.1) is 11.3 Å². The van der Waals surface area contributed by atoms with Crippen LogP contribution in [0, 0.1) is 25.6 Å². The Hall–Kier alpha value is -2.50. The monoisotopic (exact) mass is 437 g/mol. The van der Waals surface area contributed by atoms with Crippen LogP contribution < -0.4 is 10.2 Å². The van der Waals surface area contributed by atoms with E-state index in [0.717, 1.165) is 46.9 Å². The number of benzene rings is 2. The first kappa shape index (κ1) is 21.7. The number of aryl methyl sites for hydroxylation is 1. The Morgan fingerprint density at radius 1 is 1.06 bits per heavy atom. The van der Waals surface area contributed by atoms with Gasteiger partial charge in [0.1, 0.15) is 16.9 Å². The van der Waals surface area contributed by atoms with Gasteiger partial charge in [-0.05, 0) is 62.4 Å². The highest BCUT2D eigenvalue weighted by Crippen LogP contribution is 2.39. The Labute approximate surface area is 187 Å². The van der Waals surface area contributed by atoms with Crippen molar-refractivity contribution in [2.45, 2.75) is 39.7 Å². The molecule has 0 bridgehead atoms. The zero-order valence-electron chi connectivity index (χ0n) is 18.4. The van der Waals surface area contributed by atoms with E-state index < -0.39 is 0 Å². The Morgan fingerprint density at radius 3 is 2.39 bits per heavy atom. The summed E-state index contributed by atoms with van der Waals surface area (Å²) in [5.74, 6) is 0.396. The molecular formula is C26H30FN2OS+. The molecule has 2 N–H and O–H groups in total. The van der Waals surface area contributed by atoms with E-state index in [9.17, 15) is 4.79 Å². The van der Waals surface area contributed by atoms with Crippen molar-refractivity contribution in [3.63, 3.8) is 0 Å². The normalized spacial score (nSPS) is 19.7. The van der Waals surface area contributed by atoms with E-state index in [1.54, 1.807) is 23.5 Å². The topological polar surface area (TPSA) is 33.5 Å². The number of piperidine rings is 1. The maximum Gasteiger partial charge on any atom is 0.256 e. The summed E-state index contributed by atoms with van der Waals surface area (Å²) in [4.78, 5) is 15.5. The number of halogens is 1. The molecule has 0 radical (unpaired) electrons. The fourth-order valence-corrected chi connectivity index (χ4v) is 5.65. The van der Waals surface area contributed by atoms with Crippen LogP contribution in [0.2, 0.25) is 0 Å². The first-order valence-corrected chi connectivity index (χ1v) is 11.8. The molecule has 31 heavy (non-hydrogen) atoms. The maximum absolute atomic E-state index is 15.1. The summed E-state index contributed by atoms with van der Waals surface area (Å²) in [7, 11) is 0. The Morgan fingerprint density at radius 2 is 1.71 bits per heavy atom. The molecule has 1 aliphatic heterocycles. The van der Waals surface area contributed by atoms with Crippen molar-refractivity contribution in [2.24, 2.45) is 5.92 Å². The third kappa shape index (κ3) is 4.58. The lowest BCUT2D eigenvalue weighted by Gasteiger charge is -2.35. The number of hydrogen-bond donors (Lipinski definition) is 2. The number of hydrogen-bond acceptors (Lipinski definition) is 2. The number of rotatable bonds is 5. The minimum Gasteiger partial charge on any atom is -0.325 e. The molecule has 5 heteroatoms. The lowest BCUT2D eigenvalue weighted by molar-refractivity contribution is -0.931. The van der Waals surface area contributed by atoms with E-state index in [1.807, 2.05) is 42.5 Å². The van der Waals surface area contributed by atoms with Gasteiger partial charge in [0, 0.05) is 16.0 Å². The van der Waals surface area contributed by atoms with Crippen molar-refractivity contribution in [1.82, 2.24) is 0 Å². The summed E-state index contributed by atoms with van der Waals surface area (Å²) in [6.07, 6.45) is 2.27. The second-order valence-electron chi connectivity index (χ2n) is 8.64. The van der Waals surface area contributed by atoms with Crippen LogP contribution in [0.15, 0.2) is 54.6 Å². The molecule has 0 aliphatic carbocycles. The van der Waals surface area contributed by atoms with Crippen molar-refractivity contribution in [3.8, 4) is 0 Å². The van der Waals surface area contributed by atoms with Crippen LogP contribution >= 0.6 is 11.3 Å². The molecule has 3 nitrogen and oxygen atoms in total. The van der Waals surface area contributed by atoms with E-state index in [4.69, 9.17) is 0 Å². The van der Waals surface area contributed by atoms with E-state index in [0.29, 0.717) is 17.0 Å². The van der Waals surface area contributed by atoms with Gasteiger partial charge >= 0.3 is 0 Å². The number of carbonyl (C=O) groups is 1. The first-order valence-electron chi connectivity index (χ1n) is 11.0. The molecule has 1 atom stereocenters. The quantitative estimate of drug-likeness (QED) is 0.568. The van der Waals surface area contributed by atoms with Gasteiger partial charge in [-0.2, -0.15) is 0 Å². The smallest absolute Gasteiger partial charge is 0.256 e. The van der Waals surface area contributed by atoms with E-state index in [1.165, 1.54) is 4.90 Å². The number of quaternary nitrogens is 1. The number of carbonyl (C=O) groups excluding carboxylic acids is 1. The molecule has 1 aliphatic rings. The second-order valence-corrected chi connectivity index (χ2v) is 9.87. The zero-order chi connectivity index (χ0) is 22.0. The number of thiophene rings is 1. The zero-order valence-corrected chi connectivity index (χ0v) is 19.2. The summed E-state index contributed by atoms with van der Waals surface area (Å²) in [6.45, 7) is 8.47. The first-order chi connectivity index (χ1) is 15.0. The van der Waals surface area contributed by atoms with Crippen LogP contribution in [0.3, 0.4) is 0 Å². The van der Waals surface area contributed by atoms with Crippen LogP contribution in [0.1, 0.15) is 57.7 Å². The summed E-state index contributed by atoms with van der Waals surface area (Å²) < 4.78 is 15.1. The molecule has 3 aromatic rings. The number of amides is 1. The van der Waals surface area contributed by atoms with Gasteiger partial charge in [-0.1, -0.05) is 37.3 Å². The van der Waals surface area contributed by atoms with Gasteiger partial charge in [0.05, 0.1) is 18.7 Å².